The first kappa shape index (κ1) is 8.83. The van der Waals surface area contributed by atoms with Gasteiger partial charge < -0.3 is 5.73 Å². The molecule has 0 saturated carbocycles. The number of rotatable bonds is 1. The van der Waals surface area contributed by atoms with Crippen molar-refractivity contribution in [3.05, 3.63) is 40.2 Å². The summed E-state index contributed by atoms with van der Waals surface area (Å²) in [4.78, 5) is 22.4. The molecule has 0 aliphatic carbocycles. The molecule has 0 bridgehead atoms. The summed E-state index contributed by atoms with van der Waals surface area (Å²) >= 11 is 1.10. The van der Waals surface area contributed by atoms with E-state index in [4.69, 9.17) is 5.73 Å². The van der Waals surface area contributed by atoms with Crippen LogP contribution in [0.15, 0.2) is 29.1 Å². The van der Waals surface area contributed by atoms with Crippen LogP contribution in [0.1, 0.15) is 10.5 Å². The van der Waals surface area contributed by atoms with E-state index in [0.717, 1.165) is 16.2 Å². The normalized spacial score (nSPS) is 10.3. The molecule has 2 N–H and O–H groups in total. The molecule has 14 heavy (non-hydrogen) atoms. The molecule has 0 saturated heterocycles. The molecule has 2 aromatic rings. The average Bonchev–Trinajstić information content (AvgIpc) is 2.18. The van der Waals surface area contributed by atoms with Crippen molar-refractivity contribution < 1.29 is 4.79 Å². The molecule has 0 radical (unpaired) electrons. The molecule has 1 amide bonds. The number of fused-ring (bicyclic) bond motifs is 1. The van der Waals surface area contributed by atoms with Crippen molar-refractivity contribution in [1.82, 2.24) is 4.37 Å². The molecule has 0 unspecified atom stereocenters. The van der Waals surface area contributed by atoms with Gasteiger partial charge in [0.2, 0.25) is 5.43 Å². The van der Waals surface area contributed by atoms with Crippen molar-refractivity contribution in [1.29, 1.82) is 0 Å². The van der Waals surface area contributed by atoms with Gasteiger partial charge in [0.05, 0.1) is 4.70 Å². The summed E-state index contributed by atoms with van der Waals surface area (Å²) in [6.45, 7) is 0. The Morgan fingerprint density at radius 3 is 2.79 bits per heavy atom. The Morgan fingerprint density at radius 1 is 1.36 bits per heavy atom. The molecule has 2 rings (SSSR count). The first-order valence-corrected chi connectivity index (χ1v) is 4.66. The van der Waals surface area contributed by atoms with Crippen LogP contribution in [-0.4, -0.2) is 10.3 Å². The number of primary amides is 1. The van der Waals surface area contributed by atoms with Gasteiger partial charge in [-0.3, -0.25) is 9.59 Å². The van der Waals surface area contributed by atoms with Gasteiger partial charge in [0, 0.05) is 5.39 Å². The minimum absolute atomic E-state index is 0.186. The minimum atomic E-state index is -0.781. The molecule has 4 nitrogen and oxygen atoms in total. The summed E-state index contributed by atoms with van der Waals surface area (Å²) in [7, 11) is 0. The number of nitrogens with two attached hydrogens (primary N) is 1. The third kappa shape index (κ3) is 1.27. The summed E-state index contributed by atoms with van der Waals surface area (Å²) in [6.07, 6.45) is 0. The maximum Gasteiger partial charge on any atom is 0.272 e. The van der Waals surface area contributed by atoms with Crippen molar-refractivity contribution in [2.24, 2.45) is 5.73 Å². The van der Waals surface area contributed by atoms with E-state index in [0.29, 0.717) is 5.39 Å². The van der Waals surface area contributed by atoms with Crippen LogP contribution in [0.5, 0.6) is 0 Å². The number of benzene rings is 1. The highest BCUT2D eigenvalue weighted by atomic mass is 32.1. The van der Waals surface area contributed by atoms with Gasteiger partial charge in [-0.25, -0.2) is 0 Å². The first-order valence-electron chi connectivity index (χ1n) is 3.88. The number of carbonyl (C=O) groups excluding carboxylic acids is 1. The molecule has 1 aromatic heterocycles. The van der Waals surface area contributed by atoms with Crippen LogP contribution in [0, 0.1) is 0 Å². The zero-order valence-electron chi connectivity index (χ0n) is 7.06. The Balaban J connectivity index is 2.89. The maximum atomic E-state index is 11.6. The Hall–Kier alpha value is -1.75. The largest absolute Gasteiger partial charge is 0.364 e. The lowest BCUT2D eigenvalue weighted by Crippen LogP contribution is -2.22. The number of hydrogen-bond donors (Lipinski definition) is 1. The number of carbonyl (C=O) groups is 1. The van der Waals surface area contributed by atoms with Gasteiger partial charge in [-0.15, -0.1) is 0 Å². The number of aromatic nitrogens is 1. The molecule has 5 heteroatoms. The molecule has 70 valence electrons. The van der Waals surface area contributed by atoms with E-state index < -0.39 is 11.3 Å². The fourth-order valence-corrected chi connectivity index (χ4v) is 1.92. The average molecular weight is 206 g/mol. The van der Waals surface area contributed by atoms with Crippen molar-refractivity contribution in [3.8, 4) is 0 Å². The Bertz CT molecular complexity index is 562. The predicted molar refractivity (Wildman–Crippen MR) is 54.4 cm³/mol. The molecule has 0 spiro atoms. The molecule has 0 atom stereocenters. The Morgan fingerprint density at radius 2 is 2.07 bits per heavy atom. The van der Waals surface area contributed by atoms with Crippen LogP contribution in [0.25, 0.3) is 10.1 Å². The van der Waals surface area contributed by atoms with Crippen LogP contribution < -0.4 is 11.2 Å². The van der Waals surface area contributed by atoms with Crippen molar-refractivity contribution >= 4 is 27.5 Å². The minimum Gasteiger partial charge on any atom is -0.364 e. The van der Waals surface area contributed by atoms with Gasteiger partial charge in [-0.05, 0) is 23.7 Å². The van der Waals surface area contributed by atoms with Crippen LogP contribution in [-0.2, 0) is 0 Å². The van der Waals surface area contributed by atoms with Crippen molar-refractivity contribution in [2.45, 2.75) is 0 Å². The highest BCUT2D eigenvalue weighted by Crippen LogP contribution is 2.12. The van der Waals surface area contributed by atoms with E-state index in [2.05, 4.69) is 4.37 Å². The predicted octanol–water partition coefficient (Wildman–Crippen LogP) is 0.755. The zero-order chi connectivity index (χ0) is 10.1. The quantitative estimate of drug-likeness (QED) is 0.748. The number of nitrogens with zero attached hydrogens (tertiary/aromatic N) is 1. The molecular formula is C9H6N2O2S. The number of hydrogen-bond acceptors (Lipinski definition) is 4. The van der Waals surface area contributed by atoms with E-state index in [1.54, 1.807) is 18.2 Å². The lowest BCUT2D eigenvalue weighted by Gasteiger charge is -1.95. The van der Waals surface area contributed by atoms with Crippen LogP contribution >= 0.6 is 11.5 Å². The summed E-state index contributed by atoms with van der Waals surface area (Å²) in [6, 6.07) is 6.98. The fourth-order valence-electron chi connectivity index (χ4n) is 1.15. The van der Waals surface area contributed by atoms with Gasteiger partial charge in [-0.2, -0.15) is 4.37 Å². The van der Waals surface area contributed by atoms with Gasteiger partial charge in [0.15, 0.2) is 5.69 Å². The third-order valence-electron chi connectivity index (χ3n) is 1.82. The van der Waals surface area contributed by atoms with E-state index >= 15 is 0 Å². The first-order chi connectivity index (χ1) is 6.70. The smallest absolute Gasteiger partial charge is 0.272 e. The van der Waals surface area contributed by atoms with Gasteiger partial charge in [0.1, 0.15) is 0 Å². The van der Waals surface area contributed by atoms with E-state index in [1.807, 2.05) is 6.07 Å². The fraction of sp³-hybridized carbons (Fsp3) is 0. The van der Waals surface area contributed by atoms with Crippen molar-refractivity contribution in [3.63, 3.8) is 0 Å². The molecule has 0 fully saturated rings. The lowest BCUT2D eigenvalue weighted by atomic mass is 10.2. The van der Waals surface area contributed by atoms with Crippen LogP contribution in [0.3, 0.4) is 0 Å². The molecule has 1 heterocycles. The standard InChI is InChI=1S/C9H6N2O2S/c10-9(13)7-8(12)5-3-1-2-4-6(5)14-11-7/h1-4H,(H2,10,13). The maximum absolute atomic E-state index is 11.6. The zero-order valence-corrected chi connectivity index (χ0v) is 7.88. The second kappa shape index (κ2) is 3.19. The summed E-state index contributed by atoms with van der Waals surface area (Å²) in [5, 5.41) is 0.487. The van der Waals surface area contributed by atoms with Crippen LogP contribution in [0.4, 0.5) is 0 Å². The van der Waals surface area contributed by atoms with Gasteiger partial charge in [0.25, 0.3) is 5.91 Å². The molecular weight excluding hydrogens is 200 g/mol. The second-order valence-electron chi connectivity index (χ2n) is 2.72. The van der Waals surface area contributed by atoms with Gasteiger partial charge >= 0.3 is 0 Å². The van der Waals surface area contributed by atoms with E-state index in [9.17, 15) is 9.59 Å². The van der Waals surface area contributed by atoms with Gasteiger partial charge in [-0.1, -0.05) is 12.1 Å². The summed E-state index contributed by atoms with van der Waals surface area (Å²) in [5.74, 6) is -0.781. The molecule has 0 aliphatic heterocycles. The van der Waals surface area contributed by atoms with E-state index in [1.165, 1.54) is 0 Å². The Labute approximate surface area is 83.2 Å². The summed E-state index contributed by atoms with van der Waals surface area (Å²) < 4.78 is 4.51. The highest BCUT2D eigenvalue weighted by Gasteiger charge is 2.10. The van der Waals surface area contributed by atoms with Crippen LogP contribution in [0.2, 0.25) is 0 Å². The topological polar surface area (TPSA) is 73.1 Å². The van der Waals surface area contributed by atoms with Crippen molar-refractivity contribution in [2.75, 3.05) is 0 Å². The number of amides is 1. The van der Waals surface area contributed by atoms with E-state index in [-0.39, 0.29) is 5.69 Å². The SMILES string of the molecule is NC(=O)c1nsc2ccccc2c1=O. The monoisotopic (exact) mass is 206 g/mol. The Kier molecular flexibility index (Phi) is 2.01. The molecule has 1 aromatic carbocycles. The summed E-state index contributed by atoms with van der Waals surface area (Å²) in [5.41, 5.74) is 4.43. The second-order valence-corrected chi connectivity index (χ2v) is 3.53. The molecule has 0 aliphatic rings. The lowest BCUT2D eigenvalue weighted by molar-refractivity contribution is 0.0995. The highest BCUT2D eigenvalue weighted by molar-refractivity contribution is 7.12. The third-order valence-corrected chi connectivity index (χ3v) is 2.64.